The molecule has 6 nitrogen and oxygen atoms in total. The van der Waals surface area contributed by atoms with Gasteiger partial charge in [-0.15, -0.1) is 12.4 Å². The van der Waals surface area contributed by atoms with Crippen molar-refractivity contribution in [1.29, 1.82) is 0 Å². The van der Waals surface area contributed by atoms with Gasteiger partial charge in [0.15, 0.2) is 9.84 Å². The number of nitrogens with one attached hydrogen (secondary N) is 1. The van der Waals surface area contributed by atoms with E-state index in [0.29, 0.717) is 19.3 Å². The van der Waals surface area contributed by atoms with Crippen molar-refractivity contribution in [2.45, 2.75) is 36.3 Å². The van der Waals surface area contributed by atoms with E-state index in [1.54, 1.807) is 7.11 Å². The van der Waals surface area contributed by atoms with Crippen LogP contribution in [0.1, 0.15) is 19.3 Å². The molecule has 0 heterocycles. The van der Waals surface area contributed by atoms with Crippen LogP contribution in [0.5, 0.6) is 0 Å². The maximum Gasteiger partial charge on any atom is 0.223 e. The molecule has 2 rings (SSSR count). The van der Waals surface area contributed by atoms with Gasteiger partial charge in [0.05, 0.1) is 16.8 Å². The number of sulfone groups is 1. The van der Waals surface area contributed by atoms with Crippen molar-refractivity contribution < 1.29 is 22.3 Å². The van der Waals surface area contributed by atoms with Crippen LogP contribution in [0.4, 0.5) is 4.39 Å². The highest BCUT2D eigenvalue weighted by atomic mass is 35.5. The topological polar surface area (TPSA) is 98.5 Å². The Kier molecular flexibility index (Phi) is 8.27. The molecule has 3 N–H and O–H groups in total. The summed E-state index contributed by atoms with van der Waals surface area (Å²) in [6, 6.07) is 4.57. The Morgan fingerprint density at radius 3 is 2.56 bits per heavy atom. The molecule has 0 aromatic heterocycles. The zero-order valence-corrected chi connectivity index (χ0v) is 15.6. The number of rotatable bonds is 6. The van der Waals surface area contributed by atoms with Gasteiger partial charge < -0.3 is 15.8 Å². The Bertz CT molecular complexity index is 669. The minimum absolute atomic E-state index is 0. The van der Waals surface area contributed by atoms with E-state index < -0.39 is 15.7 Å². The third kappa shape index (κ3) is 5.91. The van der Waals surface area contributed by atoms with E-state index in [4.69, 9.17) is 10.5 Å². The third-order valence-corrected chi connectivity index (χ3v) is 6.09. The van der Waals surface area contributed by atoms with Crippen molar-refractivity contribution in [1.82, 2.24) is 5.32 Å². The first kappa shape index (κ1) is 21.8. The maximum atomic E-state index is 12.9. The molecule has 9 heteroatoms. The molecule has 1 aromatic carbocycles. The van der Waals surface area contributed by atoms with Crippen LogP contribution in [0.15, 0.2) is 29.2 Å². The summed E-state index contributed by atoms with van der Waals surface area (Å²) in [7, 11) is -1.98. The Morgan fingerprint density at radius 1 is 1.32 bits per heavy atom. The number of hydrogen-bond acceptors (Lipinski definition) is 5. The molecule has 0 radical (unpaired) electrons. The highest BCUT2D eigenvalue weighted by Gasteiger charge is 2.32. The summed E-state index contributed by atoms with van der Waals surface area (Å²) >= 11 is 0. The van der Waals surface area contributed by atoms with Gasteiger partial charge in [-0.05, 0) is 43.5 Å². The summed E-state index contributed by atoms with van der Waals surface area (Å²) in [6.45, 7) is 0.0126. The molecule has 1 saturated carbocycles. The number of carbonyl (C=O) groups is 1. The second-order valence-electron chi connectivity index (χ2n) is 6.01. The highest BCUT2D eigenvalue weighted by Crippen LogP contribution is 2.25. The van der Waals surface area contributed by atoms with Gasteiger partial charge in [-0.1, -0.05) is 0 Å². The summed E-state index contributed by atoms with van der Waals surface area (Å²) in [5, 5.41) is 2.66. The second kappa shape index (κ2) is 9.47. The largest absolute Gasteiger partial charge is 0.380 e. The van der Waals surface area contributed by atoms with Gasteiger partial charge >= 0.3 is 0 Å². The monoisotopic (exact) mass is 394 g/mol. The first-order valence-corrected chi connectivity index (χ1v) is 9.53. The van der Waals surface area contributed by atoms with Gasteiger partial charge in [-0.2, -0.15) is 0 Å². The van der Waals surface area contributed by atoms with Gasteiger partial charge in [-0.3, -0.25) is 4.79 Å². The lowest BCUT2D eigenvalue weighted by molar-refractivity contribution is -0.127. The molecule has 0 unspecified atom stereocenters. The zero-order chi connectivity index (χ0) is 17.7. The first-order chi connectivity index (χ1) is 11.3. The van der Waals surface area contributed by atoms with Crippen molar-refractivity contribution >= 4 is 28.2 Å². The molecule has 3 atom stereocenters. The Morgan fingerprint density at radius 2 is 1.96 bits per heavy atom. The average Bonchev–Trinajstić information content (AvgIpc) is 2.55. The van der Waals surface area contributed by atoms with Crippen LogP contribution in [0.2, 0.25) is 0 Å². The molecule has 1 aromatic rings. The molecule has 25 heavy (non-hydrogen) atoms. The van der Waals surface area contributed by atoms with E-state index in [2.05, 4.69) is 5.32 Å². The third-order valence-electron chi connectivity index (χ3n) is 4.36. The molecule has 142 valence electrons. The van der Waals surface area contributed by atoms with Crippen molar-refractivity contribution in [3.8, 4) is 0 Å². The molecule has 0 spiro atoms. The van der Waals surface area contributed by atoms with Crippen LogP contribution in [-0.2, 0) is 19.4 Å². The summed E-state index contributed by atoms with van der Waals surface area (Å²) in [6.07, 6.45) is 1.74. The lowest BCUT2D eigenvalue weighted by atomic mass is 9.83. The Balaban J connectivity index is 0.00000312. The van der Waals surface area contributed by atoms with E-state index in [1.807, 2.05) is 0 Å². The van der Waals surface area contributed by atoms with Crippen LogP contribution in [0, 0.1) is 11.7 Å². The number of nitrogens with two attached hydrogens (primary N) is 1. The van der Waals surface area contributed by atoms with Gasteiger partial charge in [-0.25, -0.2) is 12.8 Å². The molecule has 0 saturated heterocycles. The van der Waals surface area contributed by atoms with E-state index >= 15 is 0 Å². The number of carbonyl (C=O) groups excluding carboxylic acids is 1. The lowest BCUT2D eigenvalue weighted by Crippen LogP contribution is -2.45. The molecule has 1 aliphatic rings. The molecular formula is C16H24ClFN2O4S. The quantitative estimate of drug-likeness (QED) is 0.708. The number of hydrogen-bond donors (Lipinski definition) is 2. The van der Waals surface area contributed by atoms with Crippen LogP contribution < -0.4 is 11.1 Å². The number of ether oxygens (including phenoxy) is 1. The minimum atomic E-state index is -3.55. The second-order valence-corrected chi connectivity index (χ2v) is 8.12. The van der Waals surface area contributed by atoms with Gasteiger partial charge in [0.1, 0.15) is 5.82 Å². The van der Waals surface area contributed by atoms with Crippen molar-refractivity contribution in [2.24, 2.45) is 11.7 Å². The first-order valence-electron chi connectivity index (χ1n) is 7.88. The maximum absolute atomic E-state index is 12.9. The summed E-state index contributed by atoms with van der Waals surface area (Å²) < 4.78 is 42.4. The van der Waals surface area contributed by atoms with Crippen LogP contribution in [-0.4, -0.2) is 45.9 Å². The van der Waals surface area contributed by atoms with Crippen LogP contribution in [0.25, 0.3) is 0 Å². The van der Waals surface area contributed by atoms with Crippen molar-refractivity contribution in [3.63, 3.8) is 0 Å². The number of benzene rings is 1. The SMILES string of the molecule is CO[C@@H]1C[C@@H](C(=O)NCCS(=O)(=O)c2ccc(F)cc2)CC[C@H]1N.Cl. The average molecular weight is 395 g/mol. The Hall–Kier alpha value is -1.22. The molecule has 1 fully saturated rings. The highest BCUT2D eigenvalue weighted by molar-refractivity contribution is 7.91. The zero-order valence-electron chi connectivity index (χ0n) is 14.0. The summed E-state index contributed by atoms with van der Waals surface area (Å²) in [5.41, 5.74) is 5.92. The van der Waals surface area contributed by atoms with Crippen molar-refractivity contribution in [3.05, 3.63) is 30.1 Å². The smallest absolute Gasteiger partial charge is 0.223 e. The molecule has 1 amide bonds. The van der Waals surface area contributed by atoms with Crippen molar-refractivity contribution in [2.75, 3.05) is 19.4 Å². The summed E-state index contributed by atoms with van der Waals surface area (Å²) in [5.74, 6) is -1.13. The minimum Gasteiger partial charge on any atom is -0.380 e. The van der Waals surface area contributed by atoms with Gasteiger partial charge in [0.2, 0.25) is 5.91 Å². The fourth-order valence-electron chi connectivity index (χ4n) is 2.87. The molecule has 0 aliphatic heterocycles. The van der Waals surface area contributed by atoms with E-state index in [9.17, 15) is 17.6 Å². The standard InChI is InChI=1S/C16H23FN2O4S.ClH/c1-23-15-10-11(2-7-14(15)18)16(20)19-8-9-24(21,22)13-5-3-12(17)4-6-13;/h3-6,11,14-15H,2,7-10,18H2,1H3,(H,19,20);1H/t11-,14+,15+;/m0./s1. The number of methoxy groups -OCH3 is 1. The van der Waals surface area contributed by atoms with E-state index in [-0.39, 0.29) is 53.6 Å². The van der Waals surface area contributed by atoms with E-state index in [1.165, 1.54) is 12.1 Å². The summed E-state index contributed by atoms with van der Waals surface area (Å²) in [4.78, 5) is 12.2. The van der Waals surface area contributed by atoms with E-state index in [0.717, 1.165) is 12.1 Å². The van der Waals surface area contributed by atoms with Crippen LogP contribution >= 0.6 is 12.4 Å². The lowest BCUT2D eigenvalue weighted by Gasteiger charge is -2.32. The predicted octanol–water partition coefficient (Wildman–Crippen LogP) is 1.28. The Labute approximate surface area is 153 Å². The van der Waals surface area contributed by atoms with Crippen LogP contribution in [0.3, 0.4) is 0 Å². The number of amides is 1. The van der Waals surface area contributed by atoms with Gasteiger partial charge in [0.25, 0.3) is 0 Å². The normalized spacial score (nSPS) is 23.6. The predicted molar refractivity (Wildman–Crippen MR) is 94.8 cm³/mol. The number of halogens is 2. The van der Waals surface area contributed by atoms with Gasteiger partial charge in [0, 0.05) is 25.6 Å². The molecular weight excluding hydrogens is 371 g/mol. The fourth-order valence-corrected chi connectivity index (χ4v) is 4.03. The fraction of sp³-hybridized carbons (Fsp3) is 0.562. The molecule has 0 bridgehead atoms. The molecule has 1 aliphatic carbocycles.